The minimum atomic E-state index is -2.43. The van der Waals surface area contributed by atoms with Crippen LogP contribution in [0.15, 0.2) is 30.6 Å². The quantitative estimate of drug-likeness (QED) is 0.860. The second-order valence-corrected chi connectivity index (χ2v) is 4.02. The fraction of sp³-hybridized carbons (Fsp3) is 0.333. The Kier molecular flexibility index (Phi) is 3.99. The molecule has 0 fully saturated rings. The Morgan fingerprint density at radius 2 is 2.22 bits per heavy atom. The van der Waals surface area contributed by atoms with Gasteiger partial charge in [-0.1, -0.05) is 18.2 Å². The topological polar surface area (TPSA) is 53.6 Å². The lowest BCUT2D eigenvalue weighted by Crippen LogP contribution is -2.19. The van der Waals surface area contributed by atoms with E-state index in [1.807, 2.05) is 13.0 Å². The van der Waals surface area contributed by atoms with Crippen molar-refractivity contribution in [1.29, 1.82) is 0 Å². The van der Waals surface area contributed by atoms with Crippen molar-refractivity contribution in [3.8, 4) is 0 Å². The van der Waals surface area contributed by atoms with E-state index in [4.69, 9.17) is 0 Å². The summed E-state index contributed by atoms with van der Waals surface area (Å²) in [5.41, 5.74) is 0.862. The molecule has 0 amide bonds. The first kappa shape index (κ1) is 12.6. The number of hydrogen-bond donors (Lipinski definition) is 2. The average Bonchev–Trinajstić information content (AvgIpc) is 2.90. The number of nitrogens with zero attached hydrogens (tertiary/aromatic N) is 2. The zero-order valence-electron chi connectivity index (χ0n) is 9.90. The van der Waals surface area contributed by atoms with Gasteiger partial charge in [0, 0.05) is 12.1 Å². The summed E-state index contributed by atoms with van der Waals surface area (Å²) < 4.78 is 25.1. The zero-order chi connectivity index (χ0) is 13.0. The van der Waals surface area contributed by atoms with E-state index < -0.39 is 6.43 Å². The van der Waals surface area contributed by atoms with Gasteiger partial charge in [-0.15, -0.1) is 0 Å². The monoisotopic (exact) mass is 252 g/mol. The number of aromatic amines is 1. The Balaban J connectivity index is 1.96. The van der Waals surface area contributed by atoms with Crippen molar-refractivity contribution in [3.63, 3.8) is 0 Å². The summed E-state index contributed by atoms with van der Waals surface area (Å²) in [7, 11) is 0. The number of halogens is 2. The van der Waals surface area contributed by atoms with Crippen LogP contribution in [-0.2, 0) is 6.54 Å². The molecule has 18 heavy (non-hydrogen) atoms. The van der Waals surface area contributed by atoms with Crippen molar-refractivity contribution < 1.29 is 8.78 Å². The van der Waals surface area contributed by atoms with Crippen LogP contribution in [-0.4, -0.2) is 15.2 Å². The van der Waals surface area contributed by atoms with Crippen LogP contribution in [0.4, 0.5) is 8.78 Å². The predicted molar refractivity (Wildman–Crippen MR) is 63.0 cm³/mol. The maximum absolute atomic E-state index is 12.5. The van der Waals surface area contributed by atoms with Gasteiger partial charge in [-0.25, -0.2) is 13.8 Å². The van der Waals surface area contributed by atoms with Crippen LogP contribution in [0.1, 0.15) is 36.3 Å². The lowest BCUT2D eigenvalue weighted by atomic mass is 10.1. The molecular formula is C12H14F2N4. The van der Waals surface area contributed by atoms with Gasteiger partial charge in [-0.05, 0) is 18.6 Å². The summed E-state index contributed by atoms with van der Waals surface area (Å²) in [5.74, 6) is 0.722. The average molecular weight is 252 g/mol. The molecule has 2 N–H and O–H groups in total. The summed E-state index contributed by atoms with van der Waals surface area (Å²) in [6.07, 6.45) is -0.998. The summed E-state index contributed by atoms with van der Waals surface area (Å²) in [6.45, 7) is 2.43. The van der Waals surface area contributed by atoms with Crippen LogP contribution in [0.3, 0.4) is 0 Å². The third-order valence-corrected chi connectivity index (χ3v) is 2.66. The number of aromatic nitrogens is 3. The maximum Gasteiger partial charge on any atom is 0.263 e. The van der Waals surface area contributed by atoms with E-state index in [1.165, 1.54) is 18.5 Å². The second-order valence-electron chi connectivity index (χ2n) is 4.02. The molecular weight excluding hydrogens is 238 g/mol. The van der Waals surface area contributed by atoms with E-state index >= 15 is 0 Å². The van der Waals surface area contributed by atoms with Gasteiger partial charge in [0.2, 0.25) is 0 Å². The minimum absolute atomic E-state index is 0.0114. The molecule has 0 radical (unpaired) electrons. The minimum Gasteiger partial charge on any atom is -0.303 e. The van der Waals surface area contributed by atoms with Gasteiger partial charge >= 0.3 is 0 Å². The fourth-order valence-corrected chi connectivity index (χ4v) is 1.63. The van der Waals surface area contributed by atoms with Crippen LogP contribution in [0.25, 0.3) is 0 Å². The molecule has 0 aliphatic carbocycles. The molecule has 1 aromatic heterocycles. The largest absolute Gasteiger partial charge is 0.303 e. The number of rotatable bonds is 5. The van der Waals surface area contributed by atoms with Gasteiger partial charge in [0.1, 0.15) is 12.2 Å². The molecule has 0 aliphatic rings. The molecule has 96 valence electrons. The molecule has 4 nitrogen and oxygen atoms in total. The molecule has 0 aliphatic heterocycles. The lowest BCUT2D eigenvalue weighted by molar-refractivity contribution is 0.151. The fourth-order valence-electron chi connectivity index (χ4n) is 1.63. The normalized spacial score (nSPS) is 12.9. The van der Waals surface area contributed by atoms with Crippen molar-refractivity contribution in [3.05, 3.63) is 47.5 Å². The highest BCUT2D eigenvalue weighted by Crippen LogP contribution is 2.19. The molecule has 0 saturated carbocycles. The van der Waals surface area contributed by atoms with Crippen molar-refractivity contribution in [2.75, 3.05) is 0 Å². The second kappa shape index (κ2) is 5.68. The van der Waals surface area contributed by atoms with Gasteiger partial charge in [-0.2, -0.15) is 5.10 Å². The van der Waals surface area contributed by atoms with Crippen LogP contribution < -0.4 is 5.32 Å². The number of nitrogens with one attached hydrogen (secondary N) is 2. The van der Waals surface area contributed by atoms with Crippen molar-refractivity contribution in [1.82, 2.24) is 20.5 Å². The molecule has 2 aromatic rings. The Morgan fingerprint density at radius 1 is 1.39 bits per heavy atom. The highest BCUT2D eigenvalue weighted by atomic mass is 19.3. The van der Waals surface area contributed by atoms with Gasteiger partial charge in [0.15, 0.2) is 0 Å². The third-order valence-electron chi connectivity index (χ3n) is 2.66. The molecule has 1 heterocycles. The van der Waals surface area contributed by atoms with Gasteiger partial charge in [-0.3, -0.25) is 5.10 Å². The van der Waals surface area contributed by atoms with E-state index in [1.54, 1.807) is 6.07 Å². The highest BCUT2D eigenvalue weighted by molar-refractivity contribution is 5.24. The Hall–Kier alpha value is -1.82. The first-order valence-corrected chi connectivity index (χ1v) is 5.62. The van der Waals surface area contributed by atoms with Crippen LogP contribution in [0, 0.1) is 0 Å². The molecule has 6 heteroatoms. The van der Waals surface area contributed by atoms with Crippen molar-refractivity contribution >= 4 is 0 Å². The standard InChI is InChI=1S/C12H14F2N4/c1-8(12-16-7-17-18-12)15-6-9-3-2-4-10(5-9)11(13)14/h2-5,7-8,11,15H,6H2,1H3,(H,16,17,18). The van der Waals surface area contributed by atoms with Crippen LogP contribution >= 0.6 is 0 Å². The zero-order valence-corrected chi connectivity index (χ0v) is 9.90. The molecule has 0 bridgehead atoms. The van der Waals surface area contributed by atoms with Crippen molar-refractivity contribution in [2.24, 2.45) is 0 Å². The summed E-state index contributed by atoms with van der Waals surface area (Å²) in [4.78, 5) is 4.03. The lowest BCUT2D eigenvalue weighted by Gasteiger charge is -2.11. The number of H-pyrrole nitrogens is 1. The van der Waals surface area contributed by atoms with E-state index in [2.05, 4.69) is 20.5 Å². The first-order chi connectivity index (χ1) is 8.66. The van der Waals surface area contributed by atoms with Gasteiger partial charge in [0.05, 0.1) is 6.04 Å². The van der Waals surface area contributed by atoms with Crippen LogP contribution in [0.5, 0.6) is 0 Å². The maximum atomic E-state index is 12.5. The van der Waals surface area contributed by atoms with Crippen LogP contribution in [0.2, 0.25) is 0 Å². The molecule has 1 atom stereocenters. The summed E-state index contributed by atoms with van der Waals surface area (Å²) in [5, 5.41) is 9.71. The number of benzene rings is 1. The third kappa shape index (κ3) is 3.10. The Morgan fingerprint density at radius 3 is 2.89 bits per heavy atom. The summed E-state index contributed by atoms with van der Waals surface area (Å²) >= 11 is 0. The number of alkyl halides is 2. The van der Waals surface area contributed by atoms with Gasteiger partial charge in [0.25, 0.3) is 6.43 Å². The van der Waals surface area contributed by atoms with Gasteiger partial charge < -0.3 is 5.32 Å². The SMILES string of the molecule is CC(NCc1cccc(C(F)F)c1)c1ncn[nH]1. The molecule has 0 saturated heterocycles. The Bertz CT molecular complexity index is 485. The van der Waals surface area contributed by atoms with E-state index in [9.17, 15) is 8.78 Å². The number of hydrogen-bond acceptors (Lipinski definition) is 3. The molecule has 1 unspecified atom stereocenters. The molecule has 0 spiro atoms. The highest BCUT2D eigenvalue weighted by Gasteiger charge is 2.09. The smallest absolute Gasteiger partial charge is 0.263 e. The Labute approximate surface area is 103 Å². The molecule has 2 rings (SSSR count). The van der Waals surface area contributed by atoms with E-state index in [0.717, 1.165) is 11.4 Å². The predicted octanol–water partition coefficient (Wildman–Crippen LogP) is 2.59. The van der Waals surface area contributed by atoms with E-state index in [0.29, 0.717) is 6.54 Å². The van der Waals surface area contributed by atoms with E-state index in [-0.39, 0.29) is 11.6 Å². The first-order valence-electron chi connectivity index (χ1n) is 5.62. The van der Waals surface area contributed by atoms with Crippen molar-refractivity contribution in [2.45, 2.75) is 25.9 Å². The molecule has 1 aromatic carbocycles. The summed E-state index contributed by atoms with van der Waals surface area (Å²) in [6, 6.07) is 6.37.